The van der Waals surface area contributed by atoms with E-state index in [2.05, 4.69) is 46.5 Å². The molecule has 2 heterocycles. The molecule has 0 bridgehead atoms. The molecule has 1 saturated heterocycles. The highest BCUT2D eigenvalue weighted by Gasteiger charge is 2.27. The summed E-state index contributed by atoms with van der Waals surface area (Å²) in [6.07, 6.45) is 0. The molecule has 0 saturated carbocycles. The van der Waals surface area contributed by atoms with Gasteiger partial charge in [0.15, 0.2) is 0 Å². The van der Waals surface area contributed by atoms with Crippen molar-refractivity contribution in [1.82, 2.24) is 14.7 Å². The number of hydrogen-bond acceptors (Lipinski definition) is 5. The van der Waals surface area contributed by atoms with E-state index in [9.17, 15) is 10.1 Å². The van der Waals surface area contributed by atoms with Crippen molar-refractivity contribution in [3.8, 4) is 6.07 Å². The Morgan fingerprint density at radius 3 is 2.61 bits per heavy atom. The van der Waals surface area contributed by atoms with Gasteiger partial charge in [0.05, 0.1) is 12.6 Å². The second-order valence-electron chi connectivity index (χ2n) is 6.54. The third kappa shape index (κ3) is 5.03. The van der Waals surface area contributed by atoms with Crippen molar-refractivity contribution in [2.24, 2.45) is 5.92 Å². The number of thiophene rings is 1. The van der Waals surface area contributed by atoms with E-state index in [4.69, 9.17) is 0 Å². The molecule has 23 heavy (non-hydrogen) atoms. The van der Waals surface area contributed by atoms with Crippen LogP contribution in [-0.4, -0.2) is 66.4 Å². The first-order valence-corrected chi connectivity index (χ1v) is 9.06. The summed E-state index contributed by atoms with van der Waals surface area (Å²) in [5.41, 5.74) is 1.25. The molecule has 0 radical (unpaired) electrons. The lowest BCUT2D eigenvalue weighted by Gasteiger charge is -2.38. The van der Waals surface area contributed by atoms with E-state index in [0.717, 1.165) is 32.7 Å². The Labute approximate surface area is 143 Å². The van der Waals surface area contributed by atoms with Gasteiger partial charge in [-0.3, -0.25) is 14.6 Å². The topological polar surface area (TPSA) is 50.6 Å². The fraction of sp³-hybridized carbons (Fsp3) is 0.647. The van der Waals surface area contributed by atoms with E-state index < -0.39 is 0 Å². The summed E-state index contributed by atoms with van der Waals surface area (Å²) in [6, 6.07) is 4.44. The van der Waals surface area contributed by atoms with Crippen molar-refractivity contribution >= 4 is 17.2 Å². The number of carbonyl (C=O) groups is 1. The van der Waals surface area contributed by atoms with Gasteiger partial charge in [0, 0.05) is 32.7 Å². The molecular formula is C17H26N4OS. The predicted octanol–water partition coefficient (Wildman–Crippen LogP) is 1.87. The smallest absolute Gasteiger partial charge is 0.236 e. The van der Waals surface area contributed by atoms with Crippen LogP contribution in [0.4, 0.5) is 0 Å². The third-order valence-electron chi connectivity index (χ3n) is 4.26. The first-order valence-electron chi connectivity index (χ1n) is 8.12. The number of likely N-dealkylation sites (N-methyl/N-ethyl adjacent to an activating group) is 1. The van der Waals surface area contributed by atoms with Crippen molar-refractivity contribution < 1.29 is 4.79 Å². The number of nitriles is 1. The molecule has 1 aliphatic rings. The van der Waals surface area contributed by atoms with Gasteiger partial charge in [-0.25, -0.2) is 0 Å². The molecule has 1 aromatic heterocycles. The lowest BCUT2D eigenvalue weighted by Crippen LogP contribution is -2.54. The van der Waals surface area contributed by atoms with Crippen LogP contribution in [0, 0.1) is 17.2 Å². The monoisotopic (exact) mass is 334 g/mol. The molecule has 0 aliphatic carbocycles. The first kappa shape index (κ1) is 17.9. The van der Waals surface area contributed by atoms with Crippen LogP contribution in [0.15, 0.2) is 16.8 Å². The number of piperazine rings is 1. The number of carbonyl (C=O) groups excluding carboxylic acids is 1. The van der Waals surface area contributed by atoms with Gasteiger partial charge in [-0.1, -0.05) is 13.8 Å². The van der Waals surface area contributed by atoms with Crippen LogP contribution in [0.25, 0.3) is 0 Å². The van der Waals surface area contributed by atoms with Crippen LogP contribution in [0.5, 0.6) is 0 Å². The van der Waals surface area contributed by atoms with Gasteiger partial charge in [-0.15, -0.1) is 0 Å². The van der Waals surface area contributed by atoms with Gasteiger partial charge in [0.1, 0.15) is 6.04 Å². The molecule has 1 aromatic rings. The van der Waals surface area contributed by atoms with E-state index >= 15 is 0 Å². The Morgan fingerprint density at radius 2 is 2.09 bits per heavy atom. The van der Waals surface area contributed by atoms with Crippen molar-refractivity contribution in [3.05, 3.63) is 22.4 Å². The highest BCUT2D eigenvalue weighted by Crippen LogP contribution is 2.14. The molecule has 126 valence electrons. The maximum atomic E-state index is 12.4. The fourth-order valence-corrected chi connectivity index (χ4v) is 3.64. The molecule has 5 nitrogen and oxygen atoms in total. The minimum Gasteiger partial charge on any atom is -0.339 e. The molecule has 1 unspecified atom stereocenters. The Kier molecular flexibility index (Phi) is 6.58. The largest absolute Gasteiger partial charge is 0.339 e. The molecule has 1 aliphatic heterocycles. The summed E-state index contributed by atoms with van der Waals surface area (Å²) in [7, 11) is 1.98. The summed E-state index contributed by atoms with van der Waals surface area (Å²) < 4.78 is 0. The van der Waals surface area contributed by atoms with Gasteiger partial charge < -0.3 is 4.90 Å². The van der Waals surface area contributed by atoms with Crippen LogP contribution < -0.4 is 0 Å². The first-order chi connectivity index (χ1) is 11.0. The molecule has 0 N–H and O–H groups in total. The maximum Gasteiger partial charge on any atom is 0.236 e. The van der Waals surface area contributed by atoms with Crippen LogP contribution in [0.1, 0.15) is 19.4 Å². The molecule has 0 spiro atoms. The average molecular weight is 334 g/mol. The lowest BCUT2D eigenvalue weighted by atomic mass is 10.0. The second kappa shape index (κ2) is 8.44. The number of hydrogen-bond donors (Lipinski definition) is 0. The summed E-state index contributed by atoms with van der Waals surface area (Å²) in [4.78, 5) is 18.6. The second-order valence-corrected chi connectivity index (χ2v) is 7.32. The fourth-order valence-electron chi connectivity index (χ4n) is 2.98. The van der Waals surface area contributed by atoms with Crippen LogP contribution in [0.2, 0.25) is 0 Å². The third-order valence-corrected chi connectivity index (χ3v) is 4.99. The number of amides is 1. The lowest BCUT2D eigenvalue weighted by molar-refractivity contribution is -0.134. The van der Waals surface area contributed by atoms with Crippen LogP contribution >= 0.6 is 11.3 Å². The van der Waals surface area contributed by atoms with E-state index in [-0.39, 0.29) is 11.9 Å². The van der Waals surface area contributed by atoms with E-state index in [1.54, 1.807) is 11.3 Å². The van der Waals surface area contributed by atoms with Crippen molar-refractivity contribution in [2.45, 2.75) is 26.4 Å². The zero-order valence-corrected chi connectivity index (χ0v) is 15.1. The van der Waals surface area contributed by atoms with Gasteiger partial charge >= 0.3 is 0 Å². The van der Waals surface area contributed by atoms with Gasteiger partial charge in [0.25, 0.3) is 0 Å². The average Bonchev–Trinajstić information content (AvgIpc) is 3.01. The summed E-state index contributed by atoms with van der Waals surface area (Å²) in [5, 5.41) is 13.5. The molecule has 2 rings (SSSR count). The normalized spacial score (nSPS) is 17.5. The summed E-state index contributed by atoms with van der Waals surface area (Å²) in [6.45, 7) is 8.41. The number of rotatable bonds is 6. The van der Waals surface area contributed by atoms with Crippen LogP contribution in [-0.2, 0) is 11.3 Å². The van der Waals surface area contributed by atoms with Gasteiger partial charge in [0.2, 0.25) is 5.91 Å². The number of nitrogens with zero attached hydrogens (tertiary/aromatic N) is 4. The van der Waals surface area contributed by atoms with E-state index in [1.165, 1.54) is 5.56 Å². The van der Waals surface area contributed by atoms with Crippen molar-refractivity contribution in [2.75, 3.05) is 39.8 Å². The van der Waals surface area contributed by atoms with Crippen molar-refractivity contribution in [3.63, 3.8) is 0 Å². The quantitative estimate of drug-likeness (QED) is 0.797. The zero-order chi connectivity index (χ0) is 16.8. The zero-order valence-electron chi connectivity index (χ0n) is 14.2. The Hall–Kier alpha value is -1.42. The van der Waals surface area contributed by atoms with Gasteiger partial charge in [-0.2, -0.15) is 16.6 Å². The summed E-state index contributed by atoms with van der Waals surface area (Å²) >= 11 is 1.68. The predicted molar refractivity (Wildman–Crippen MR) is 93.0 cm³/mol. The van der Waals surface area contributed by atoms with E-state index in [0.29, 0.717) is 12.5 Å². The summed E-state index contributed by atoms with van der Waals surface area (Å²) in [5.74, 6) is 0.499. The maximum absolute atomic E-state index is 12.4. The minimum absolute atomic E-state index is 0.0477. The molecule has 1 fully saturated rings. The Balaban J connectivity index is 1.78. The Bertz CT molecular complexity index is 529. The minimum atomic E-state index is -0.0477. The van der Waals surface area contributed by atoms with E-state index in [1.807, 2.05) is 11.9 Å². The molecular weight excluding hydrogens is 308 g/mol. The highest BCUT2D eigenvalue weighted by atomic mass is 32.1. The standard InChI is InChI=1S/C17H26N4OS/c1-14(2)16(10-18)20-5-7-21(8-6-20)17(22)12-19(3)11-15-4-9-23-13-15/h4,9,13-14,16H,5-8,11-12H2,1-3H3. The molecule has 6 heteroatoms. The highest BCUT2D eigenvalue weighted by molar-refractivity contribution is 7.07. The SMILES string of the molecule is CC(C)C(C#N)N1CCN(C(=O)CN(C)Cc2ccsc2)CC1. The Morgan fingerprint density at radius 1 is 1.39 bits per heavy atom. The van der Waals surface area contributed by atoms with Gasteiger partial charge in [-0.05, 0) is 35.4 Å². The molecule has 1 amide bonds. The van der Waals surface area contributed by atoms with Crippen molar-refractivity contribution in [1.29, 1.82) is 5.26 Å². The molecule has 0 aromatic carbocycles. The molecule has 1 atom stereocenters. The van der Waals surface area contributed by atoms with Crippen LogP contribution in [0.3, 0.4) is 0 Å².